The van der Waals surface area contributed by atoms with Crippen molar-refractivity contribution in [3.63, 3.8) is 0 Å². The van der Waals surface area contributed by atoms with Crippen molar-refractivity contribution in [3.8, 4) is 5.75 Å². The van der Waals surface area contributed by atoms with Crippen molar-refractivity contribution in [1.29, 1.82) is 0 Å². The van der Waals surface area contributed by atoms with Crippen molar-refractivity contribution < 1.29 is 39.9 Å². The molecule has 0 radical (unpaired) electrons. The molecule has 0 aromatic heterocycles. The lowest BCUT2D eigenvalue weighted by molar-refractivity contribution is -0.274. The predicted octanol–water partition coefficient (Wildman–Crippen LogP) is 5.30. The Morgan fingerprint density at radius 2 is 1.39 bits per heavy atom. The van der Waals surface area contributed by atoms with E-state index in [2.05, 4.69) is 47.3 Å². The van der Waals surface area contributed by atoms with Gasteiger partial charge in [-0.1, -0.05) is 0 Å². The fourth-order valence-electron chi connectivity index (χ4n) is 1.18. The van der Waals surface area contributed by atoms with Crippen LogP contribution in [0.5, 0.6) is 5.75 Å². The zero-order valence-electron chi connectivity index (χ0n) is 10.4. The summed E-state index contributed by atoms with van der Waals surface area (Å²) < 4.78 is 102. The van der Waals surface area contributed by atoms with E-state index in [9.17, 15) is 35.1 Å². The Hall–Kier alpha value is -1.11. The highest BCUT2D eigenvalue weighted by Gasteiger charge is 2.61. The molecule has 0 heterocycles. The average Bonchev–Trinajstić information content (AvgIpc) is 2.29. The molecule has 0 spiro atoms. The highest BCUT2D eigenvalue weighted by atomic mass is 79.9. The third-order valence-corrected chi connectivity index (χ3v) is 3.34. The van der Waals surface area contributed by atoms with E-state index < -0.39 is 35.7 Å². The Morgan fingerprint density at radius 1 is 0.957 bits per heavy atom. The number of amidine groups is 1. The molecule has 0 atom stereocenters. The van der Waals surface area contributed by atoms with Crippen LogP contribution >= 0.6 is 31.9 Å². The molecule has 0 aliphatic carbocycles. The van der Waals surface area contributed by atoms with Crippen LogP contribution < -0.4 is 10.5 Å². The van der Waals surface area contributed by atoms with Gasteiger partial charge >= 0.3 is 18.5 Å². The van der Waals surface area contributed by atoms with E-state index in [4.69, 9.17) is 0 Å². The lowest BCUT2D eigenvalue weighted by Crippen LogP contribution is -2.48. The maximum Gasteiger partial charge on any atom is 0.573 e. The van der Waals surface area contributed by atoms with Crippen LogP contribution in [0.2, 0.25) is 0 Å². The number of hydrogen-bond acceptors (Lipinski definition) is 2. The number of hydrogen-bond donors (Lipinski definition) is 1. The van der Waals surface area contributed by atoms with Gasteiger partial charge in [0.1, 0.15) is 5.75 Å². The van der Waals surface area contributed by atoms with Crippen LogP contribution in [0.3, 0.4) is 0 Å². The lowest BCUT2D eigenvalue weighted by Gasteiger charge is -2.19. The number of nitrogens with zero attached hydrogens (tertiary/aromatic N) is 1. The fourth-order valence-corrected chi connectivity index (χ4v) is 2.50. The van der Waals surface area contributed by atoms with Gasteiger partial charge in [-0.3, -0.25) is 0 Å². The Morgan fingerprint density at radius 3 is 1.74 bits per heavy atom. The smallest absolute Gasteiger partial charge is 0.406 e. The first-order valence-corrected chi connectivity index (χ1v) is 6.77. The Bertz CT molecular complexity index is 603. The summed E-state index contributed by atoms with van der Waals surface area (Å²) in [6.45, 7) is 0. The number of alkyl halides is 8. The van der Waals surface area contributed by atoms with E-state index in [1.54, 1.807) is 0 Å². The number of benzene rings is 1. The molecule has 0 saturated carbocycles. The minimum Gasteiger partial charge on any atom is -0.406 e. The summed E-state index contributed by atoms with van der Waals surface area (Å²) in [7, 11) is 0. The largest absolute Gasteiger partial charge is 0.573 e. The third kappa shape index (κ3) is 4.93. The van der Waals surface area contributed by atoms with E-state index in [0.717, 1.165) is 0 Å². The van der Waals surface area contributed by atoms with Gasteiger partial charge in [0.15, 0.2) is 5.84 Å². The van der Waals surface area contributed by atoms with Crippen molar-refractivity contribution in [2.24, 2.45) is 10.7 Å². The minimum atomic E-state index is -5.97. The van der Waals surface area contributed by atoms with Crippen molar-refractivity contribution in [1.82, 2.24) is 0 Å². The molecule has 0 saturated heterocycles. The standard InChI is InChI=1S/C10H4Br2F8N2O/c11-4-1-3(23-10(18,19)20)2-5(12)6(4)22-7(21)8(13,14)9(15,16)17/h1-2H,(H2,21,22). The van der Waals surface area contributed by atoms with E-state index in [0.29, 0.717) is 12.1 Å². The van der Waals surface area contributed by atoms with Crippen molar-refractivity contribution in [2.45, 2.75) is 18.5 Å². The number of aliphatic imine (C=N–C) groups is 1. The van der Waals surface area contributed by atoms with Crippen LogP contribution in [0.15, 0.2) is 26.1 Å². The third-order valence-electron chi connectivity index (χ3n) is 2.13. The van der Waals surface area contributed by atoms with Gasteiger partial charge in [-0.2, -0.15) is 22.0 Å². The van der Waals surface area contributed by atoms with E-state index in [-0.39, 0.29) is 8.95 Å². The lowest BCUT2D eigenvalue weighted by atomic mass is 10.2. The van der Waals surface area contributed by atoms with E-state index in [1.165, 1.54) is 0 Å². The zero-order valence-corrected chi connectivity index (χ0v) is 13.5. The average molecular weight is 480 g/mol. The molecule has 0 bridgehead atoms. The van der Waals surface area contributed by atoms with Crippen LogP contribution in [0.4, 0.5) is 40.8 Å². The molecule has 13 heteroatoms. The summed E-state index contributed by atoms with van der Waals surface area (Å²) >= 11 is 5.37. The molecule has 1 aromatic carbocycles. The fraction of sp³-hybridized carbons (Fsp3) is 0.300. The topological polar surface area (TPSA) is 47.6 Å². The van der Waals surface area contributed by atoms with Crippen molar-refractivity contribution in [2.75, 3.05) is 0 Å². The second-order valence-corrected chi connectivity index (χ2v) is 5.56. The molecule has 0 aliphatic rings. The maximum atomic E-state index is 13.0. The number of halogens is 10. The van der Waals surface area contributed by atoms with Crippen LogP contribution in [0.1, 0.15) is 0 Å². The number of nitrogens with two attached hydrogens (primary N) is 1. The molecule has 0 fully saturated rings. The first kappa shape index (κ1) is 19.9. The maximum absolute atomic E-state index is 13.0. The van der Waals surface area contributed by atoms with Crippen LogP contribution in [-0.4, -0.2) is 24.3 Å². The molecule has 1 aromatic rings. The van der Waals surface area contributed by atoms with Crippen molar-refractivity contribution in [3.05, 3.63) is 21.1 Å². The molecule has 23 heavy (non-hydrogen) atoms. The normalized spacial score (nSPS) is 14.1. The van der Waals surface area contributed by atoms with E-state index in [1.807, 2.05) is 0 Å². The summed E-state index contributed by atoms with van der Waals surface area (Å²) in [4.78, 5) is 2.93. The van der Waals surface area contributed by atoms with Gasteiger partial charge in [0, 0.05) is 8.95 Å². The van der Waals surface area contributed by atoms with Crippen LogP contribution in [0, 0.1) is 0 Å². The summed E-state index contributed by atoms with van der Waals surface area (Å²) in [5.74, 6) is -8.24. The van der Waals surface area contributed by atoms with E-state index >= 15 is 0 Å². The minimum absolute atomic E-state index is 0.355. The molecule has 0 aliphatic heterocycles. The molecule has 0 amide bonds. The first-order valence-electron chi connectivity index (χ1n) is 5.19. The molecule has 1 rings (SSSR count). The first-order chi connectivity index (χ1) is 10.1. The van der Waals surface area contributed by atoms with Gasteiger partial charge in [-0.25, -0.2) is 4.99 Å². The molecular formula is C10H4Br2F8N2O. The predicted molar refractivity (Wildman–Crippen MR) is 70.8 cm³/mol. The Labute approximate surface area is 139 Å². The summed E-state index contributed by atoms with van der Waals surface area (Å²) in [6, 6.07) is 1.35. The molecule has 3 nitrogen and oxygen atoms in total. The second kappa shape index (κ2) is 6.42. The second-order valence-electron chi connectivity index (χ2n) is 3.85. The van der Waals surface area contributed by atoms with Crippen molar-refractivity contribution >= 4 is 43.4 Å². The molecule has 0 unspecified atom stereocenters. The molecular weight excluding hydrogens is 476 g/mol. The summed E-state index contributed by atoms with van der Waals surface area (Å²) in [6.07, 6.45) is -11.0. The Balaban J connectivity index is 3.28. The highest BCUT2D eigenvalue weighted by Crippen LogP contribution is 2.41. The van der Waals surface area contributed by atoms with Gasteiger partial charge in [0.25, 0.3) is 0 Å². The highest BCUT2D eigenvalue weighted by molar-refractivity contribution is 9.11. The van der Waals surface area contributed by atoms with Gasteiger partial charge < -0.3 is 10.5 Å². The van der Waals surface area contributed by atoms with Gasteiger partial charge in [0.05, 0.1) is 5.69 Å². The van der Waals surface area contributed by atoms with Gasteiger partial charge in [-0.05, 0) is 44.0 Å². The summed E-state index contributed by atoms with van der Waals surface area (Å²) in [5, 5.41) is 0. The van der Waals surface area contributed by atoms with Gasteiger partial charge in [0.2, 0.25) is 0 Å². The Kier molecular flexibility index (Phi) is 5.56. The molecule has 130 valence electrons. The van der Waals surface area contributed by atoms with Gasteiger partial charge in [-0.15, -0.1) is 13.2 Å². The molecule has 2 N–H and O–H groups in total. The number of rotatable bonds is 3. The summed E-state index contributed by atoms with van der Waals surface area (Å²) in [5.41, 5.74) is 4.11. The van der Waals surface area contributed by atoms with Crippen LogP contribution in [-0.2, 0) is 0 Å². The number of ether oxygens (including phenoxy) is 1. The monoisotopic (exact) mass is 478 g/mol. The SMILES string of the molecule is NC(=Nc1c(Br)cc(OC(F)(F)F)cc1Br)C(F)(F)C(F)(F)F. The zero-order chi connectivity index (χ0) is 18.2. The van der Waals surface area contributed by atoms with Crippen LogP contribution in [0.25, 0.3) is 0 Å². The quantitative estimate of drug-likeness (QED) is 0.363.